The molecule has 4 atom stereocenters. The lowest BCUT2D eigenvalue weighted by molar-refractivity contribution is 0.00488. The average molecular weight is 266 g/mol. The van der Waals surface area contributed by atoms with Gasteiger partial charge in [0, 0.05) is 30.7 Å². The van der Waals surface area contributed by atoms with Crippen molar-refractivity contribution in [2.75, 3.05) is 13.1 Å². The predicted octanol–water partition coefficient (Wildman–Crippen LogP) is 3.66. The second-order valence-electron chi connectivity index (χ2n) is 7.70. The standard InChI is InChI=1S/C17H34N2/c1-6-17(5)12-19(16(11-18-17)13(2)3)15-9-7-8-14(4)10-15/h13-16,18H,6-12H2,1-5H3. The van der Waals surface area contributed by atoms with Crippen molar-refractivity contribution in [1.82, 2.24) is 10.2 Å². The molecule has 2 fully saturated rings. The maximum atomic E-state index is 3.82. The van der Waals surface area contributed by atoms with Crippen LogP contribution in [0, 0.1) is 11.8 Å². The highest BCUT2D eigenvalue weighted by Gasteiger charge is 2.39. The summed E-state index contributed by atoms with van der Waals surface area (Å²) in [4.78, 5) is 2.88. The normalized spacial score (nSPS) is 41.7. The van der Waals surface area contributed by atoms with Crippen LogP contribution in [0.15, 0.2) is 0 Å². The Hall–Kier alpha value is -0.0800. The molecule has 1 N–H and O–H groups in total. The molecule has 0 aromatic heterocycles. The van der Waals surface area contributed by atoms with Crippen molar-refractivity contribution < 1.29 is 0 Å². The molecule has 0 aromatic rings. The van der Waals surface area contributed by atoms with Gasteiger partial charge in [0.1, 0.15) is 0 Å². The first-order chi connectivity index (χ1) is 8.95. The summed E-state index contributed by atoms with van der Waals surface area (Å²) in [6, 6.07) is 1.57. The van der Waals surface area contributed by atoms with E-state index in [-0.39, 0.29) is 0 Å². The number of rotatable bonds is 3. The molecule has 112 valence electrons. The Morgan fingerprint density at radius 2 is 2.05 bits per heavy atom. The van der Waals surface area contributed by atoms with Gasteiger partial charge in [-0.15, -0.1) is 0 Å². The maximum absolute atomic E-state index is 3.82. The molecule has 2 nitrogen and oxygen atoms in total. The first kappa shape index (κ1) is 15.3. The van der Waals surface area contributed by atoms with Crippen LogP contribution in [0.5, 0.6) is 0 Å². The van der Waals surface area contributed by atoms with Crippen LogP contribution >= 0.6 is 0 Å². The maximum Gasteiger partial charge on any atom is 0.0278 e. The lowest BCUT2D eigenvalue weighted by atomic mass is 9.82. The first-order valence-electron chi connectivity index (χ1n) is 8.46. The topological polar surface area (TPSA) is 15.3 Å². The van der Waals surface area contributed by atoms with E-state index >= 15 is 0 Å². The van der Waals surface area contributed by atoms with Crippen LogP contribution in [-0.2, 0) is 0 Å². The molecular formula is C17H34N2. The Labute approximate surface area is 120 Å². The fourth-order valence-electron chi connectivity index (χ4n) is 4.00. The van der Waals surface area contributed by atoms with E-state index in [9.17, 15) is 0 Å². The molecule has 1 aliphatic heterocycles. The first-order valence-corrected chi connectivity index (χ1v) is 8.46. The minimum Gasteiger partial charge on any atom is -0.309 e. The largest absolute Gasteiger partial charge is 0.309 e. The van der Waals surface area contributed by atoms with E-state index in [0.29, 0.717) is 5.54 Å². The van der Waals surface area contributed by atoms with Crippen LogP contribution in [0.1, 0.15) is 66.7 Å². The second-order valence-corrected chi connectivity index (χ2v) is 7.70. The van der Waals surface area contributed by atoms with Gasteiger partial charge in [0.2, 0.25) is 0 Å². The number of piperazine rings is 1. The van der Waals surface area contributed by atoms with Gasteiger partial charge in [0.15, 0.2) is 0 Å². The highest BCUT2D eigenvalue weighted by Crippen LogP contribution is 2.33. The van der Waals surface area contributed by atoms with Crippen molar-refractivity contribution in [3.63, 3.8) is 0 Å². The van der Waals surface area contributed by atoms with Crippen molar-refractivity contribution >= 4 is 0 Å². The highest BCUT2D eigenvalue weighted by atomic mass is 15.3. The fraction of sp³-hybridized carbons (Fsp3) is 1.00. The van der Waals surface area contributed by atoms with Crippen molar-refractivity contribution in [2.24, 2.45) is 11.8 Å². The van der Waals surface area contributed by atoms with Crippen LogP contribution < -0.4 is 5.32 Å². The number of hydrogen-bond acceptors (Lipinski definition) is 2. The Bertz CT molecular complexity index is 289. The highest BCUT2D eigenvalue weighted by molar-refractivity contribution is 4.98. The van der Waals surface area contributed by atoms with E-state index in [1.165, 1.54) is 45.2 Å². The van der Waals surface area contributed by atoms with Crippen LogP contribution in [0.25, 0.3) is 0 Å². The molecule has 1 saturated carbocycles. The fourth-order valence-corrected chi connectivity index (χ4v) is 4.00. The van der Waals surface area contributed by atoms with Gasteiger partial charge in [0.05, 0.1) is 0 Å². The van der Waals surface area contributed by atoms with Gasteiger partial charge in [-0.05, 0) is 38.0 Å². The third-order valence-electron chi connectivity index (χ3n) is 5.62. The van der Waals surface area contributed by atoms with E-state index < -0.39 is 0 Å². The van der Waals surface area contributed by atoms with Gasteiger partial charge in [-0.2, -0.15) is 0 Å². The summed E-state index contributed by atoms with van der Waals surface area (Å²) < 4.78 is 0. The minimum absolute atomic E-state index is 0.325. The van der Waals surface area contributed by atoms with Gasteiger partial charge < -0.3 is 5.32 Å². The molecule has 0 aromatic carbocycles. The summed E-state index contributed by atoms with van der Waals surface area (Å²) in [7, 11) is 0. The van der Waals surface area contributed by atoms with Gasteiger partial charge in [0.25, 0.3) is 0 Å². The SMILES string of the molecule is CCC1(C)CN(C2CCCC(C)C2)C(C(C)C)CN1. The molecule has 1 saturated heterocycles. The Morgan fingerprint density at radius 3 is 2.63 bits per heavy atom. The molecular weight excluding hydrogens is 232 g/mol. The zero-order valence-electron chi connectivity index (χ0n) is 13.7. The lowest BCUT2D eigenvalue weighted by Crippen LogP contribution is -2.66. The van der Waals surface area contributed by atoms with Gasteiger partial charge in [-0.1, -0.05) is 40.5 Å². The molecule has 1 aliphatic carbocycles. The lowest BCUT2D eigenvalue weighted by Gasteiger charge is -2.52. The molecule has 0 spiro atoms. The van der Waals surface area contributed by atoms with Crippen molar-refractivity contribution in [3.05, 3.63) is 0 Å². The van der Waals surface area contributed by atoms with Gasteiger partial charge >= 0.3 is 0 Å². The van der Waals surface area contributed by atoms with Crippen LogP contribution in [0.2, 0.25) is 0 Å². The summed E-state index contributed by atoms with van der Waals surface area (Å²) >= 11 is 0. The molecule has 2 rings (SSSR count). The summed E-state index contributed by atoms with van der Waals surface area (Å²) in [6.07, 6.45) is 6.95. The van der Waals surface area contributed by atoms with Crippen molar-refractivity contribution in [3.8, 4) is 0 Å². The molecule has 0 amide bonds. The predicted molar refractivity (Wildman–Crippen MR) is 83.5 cm³/mol. The minimum atomic E-state index is 0.325. The third kappa shape index (κ3) is 3.52. The second kappa shape index (κ2) is 6.13. The third-order valence-corrected chi connectivity index (χ3v) is 5.62. The van der Waals surface area contributed by atoms with Crippen molar-refractivity contribution in [1.29, 1.82) is 0 Å². The van der Waals surface area contributed by atoms with Crippen LogP contribution in [0.4, 0.5) is 0 Å². The Morgan fingerprint density at radius 1 is 1.32 bits per heavy atom. The van der Waals surface area contributed by atoms with E-state index in [1.807, 2.05) is 0 Å². The van der Waals surface area contributed by atoms with E-state index in [2.05, 4.69) is 44.8 Å². The van der Waals surface area contributed by atoms with Gasteiger partial charge in [-0.3, -0.25) is 4.90 Å². The van der Waals surface area contributed by atoms with Crippen LogP contribution in [-0.4, -0.2) is 35.6 Å². The van der Waals surface area contributed by atoms with Gasteiger partial charge in [-0.25, -0.2) is 0 Å². The monoisotopic (exact) mass is 266 g/mol. The molecule has 0 bridgehead atoms. The number of hydrogen-bond donors (Lipinski definition) is 1. The smallest absolute Gasteiger partial charge is 0.0278 e. The summed E-state index contributed by atoms with van der Waals surface area (Å²) in [5.74, 6) is 1.68. The van der Waals surface area contributed by atoms with E-state index in [4.69, 9.17) is 0 Å². The zero-order chi connectivity index (χ0) is 14.0. The zero-order valence-corrected chi connectivity index (χ0v) is 13.7. The summed E-state index contributed by atoms with van der Waals surface area (Å²) in [5, 5.41) is 3.82. The quantitative estimate of drug-likeness (QED) is 0.838. The molecule has 19 heavy (non-hydrogen) atoms. The average Bonchev–Trinajstić information content (AvgIpc) is 2.38. The molecule has 2 heteroatoms. The van der Waals surface area contributed by atoms with E-state index in [1.54, 1.807) is 0 Å². The Balaban J connectivity index is 2.10. The van der Waals surface area contributed by atoms with Crippen LogP contribution in [0.3, 0.4) is 0 Å². The number of nitrogens with zero attached hydrogens (tertiary/aromatic N) is 1. The Kier molecular flexibility index (Phi) is 4.94. The molecule has 1 heterocycles. The van der Waals surface area contributed by atoms with E-state index in [0.717, 1.165) is 23.9 Å². The molecule has 2 aliphatic rings. The molecule has 0 radical (unpaired) electrons. The summed E-state index contributed by atoms with van der Waals surface area (Å²) in [5.41, 5.74) is 0.325. The summed E-state index contributed by atoms with van der Waals surface area (Å²) in [6.45, 7) is 14.4. The molecule has 4 unspecified atom stereocenters. The van der Waals surface area contributed by atoms with Crippen molar-refractivity contribution in [2.45, 2.75) is 84.3 Å². The number of nitrogens with one attached hydrogen (secondary N) is 1.